The lowest BCUT2D eigenvalue weighted by atomic mass is 10.0. The molecule has 0 saturated carbocycles. The second-order valence-corrected chi connectivity index (χ2v) is 3.12. The Balaban J connectivity index is 0. The number of aryl methyl sites for hydroxylation is 1. The Morgan fingerprint density at radius 2 is 1.71 bits per heavy atom. The van der Waals surface area contributed by atoms with E-state index in [9.17, 15) is 0 Å². The molecular formula is C12H26N2. The van der Waals surface area contributed by atoms with Gasteiger partial charge in [-0.25, -0.2) is 0 Å². The largest absolute Gasteiger partial charge is 0.283 e. The van der Waals surface area contributed by atoms with Crippen LogP contribution in [0.1, 0.15) is 52.8 Å². The van der Waals surface area contributed by atoms with E-state index in [1.165, 1.54) is 11.3 Å². The lowest BCUT2D eigenvalue weighted by molar-refractivity contribution is 0.645. The van der Waals surface area contributed by atoms with Gasteiger partial charge in [-0.15, -0.1) is 0 Å². The van der Waals surface area contributed by atoms with Crippen LogP contribution in [0, 0.1) is 12.8 Å². The van der Waals surface area contributed by atoms with E-state index in [4.69, 9.17) is 0 Å². The minimum absolute atomic E-state index is 0.719. The lowest BCUT2D eigenvalue weighted by Crippen LogP contribution is -1.93. The molecule has 0 aliphatic heterocycles. The third-order valence-electron chi connectivity index (χ3n) is 1.56. The molecule has 0 fully saturated rings. The average Bonchev–Trinajstić information content (AvgIpc) is 2.58. The summed E-state index contributed by atoms with van der Waals surface area (Å²) in [6.45, 7) is 14.5. The Kier molecular flexibility index (Phi) is 11.5. The molecule has 2 heteroatoms. The maximum Gasteiger partial charge on any atom is 0.0522 e. The normalized spacial score (nSPS) is 8.57. The number of nitrogens with zero attached hydrogens (tertiary/aromatic N) is 1. The maximum atomic E-state index is 3.95. The van der Waals surface area contributed by atoms with Crippen molar-refractivity contribution in [3.05, 3.63) is 17.5 Å². The van der Waals surface area contributed by atoms with Crippen molar-refractivity contribution in [2.75, 3.05) is 0 Å². The van der Waals surface area contributed by atoms with Gasteiger partial charge in [0.1, 0.15) is 0 Å². The van der Waals surface area contributed by atoms with Crippen LogP contribution >= 0.6 is 0 Å². The van der Waals surface area contributed by atoms with Crippen molar-refractivity contribution in [2.45, 2.75) is 54.9 Å². The van der Waals surface area contributed by atoms with Gasteiger partial charge in [0.05, 0.1) is 6.20 Å². The summed E-state index contributed by atoms with van der Waals surface area (Å²) in [6.07, 6.45) is 3.04. The van der Waals surface area contributed by atoms with Crippen LogP contribution in [0.2, 0.25) is 0 Å². The Bertz CT molecular complexity index is 202. The minimum atomic E-state index is 0.719. The topological polar surface area (TPSA) is 28.7 Å². The highest BCUT2D eigenvalue weighted by Gasteiger charge is 2.01. The standard InChI is InChI=1S/C8H14N2.2C2H6/c1-6(2)4-8-5-9-10-7(8)3;2*1-2/h5-6H,4H2,1-3H3,(H,9,10);2*1-2H3. The summed E-state index contributed by atoms with van der Waals surface area (Å²) in [5.74, 6) is 0.719. The summed E-state index contributed by atoms with van der Waals surface area (Å²) in [5.41, 5.74) is 2.55. The molecule has 0 atom stereocenters. The predicted molar refractivity (Wildman–Crippen MR) is 64.6 cm³/mol. The zero-order valence-corrected chi connectivity index (χ0v) is 10.8. The summed E-state index contributed by atoms with van der Waals surface area (Å²) in [7, 11) is 0. The number of hydrogen-bond acceptors (Lipinski definition) is 1. The summed E-state index contributed by atoms with van der Waals surface area (Å²) < 4.78 is 0. The Morgan fingerprint density at radius 1 is 1.21 bits per heavy atom. The van der Waals surface area contributed by atoms with Crippen molar-refractivity contribution in [2.24, 2.45) is 5.92 Å². The molecule has 1 aromatic rings. The fourth-order valence-corrected chi connectivity index (χ4v) is 1.02. The van der Waals surface area contributed by atoms with Crippen molar-refractivity contribution in [1.29, 1.82) is 0 Å². The van der Waals surface area contributed by atoms with E-state index in [0.29, 0.717) is 0 Å². The fourth-order valence-electron chi connectivity index (χ4n) is 1.02. The van der Waals surface area contributed by atoms with Crippen molar-refractivity contribution in [3.8, 4) is 0 Å². The van der Waals surface area contributed by atoms with Crippen molar-refractivity contribution in [1.82, 2.24) is 10.2 Å². The van der Waals surface area contributed by atoms with Crippen LogP contribution in [0.4, 0.5) is 0 Å². The van der Waals surface area contributed by atoms with Gasteiger partial charge in [0.15, 0.2) is 0 Å². The summed E-state index contributed by atoms with van der Waals surface area (Å²) in [4.78, 5) is 0. The third kappa shape index (κ3) is 6.70. The SMILES string of the molecule is CC.CC.Cc1[nH]ncc1CC(C)C. The van der Waals surface area contributed by atoms with Gasteiger partial charge in [0, 0.05) is 5.69 Å². The Morgan fingerprint density at radius 3 is 2.00 bits per heavy atom. The number of aromatic amines is 1. The molecule has 0 bridgehead atoms. The van der Waals surface area contributed by atoms with Gasteiger partial charge in [-0.2, -0.15) is 5.10 Å². The molecule has 0 aliphatic rings. The van der Waals surface area contributed by atoms with E-state index in [1.807, 2.05) is 33.9 Å². The van der Waals surface area contributed by atoms with Gasteiger partial charge in [0.2, 0.25) is 0 Å². The summed E-state index contributed by atoms with van der Waals surface area (Å²) >= 11 is 0. The molecule has 0 amide bonds. The molecule has 0 unspecified atom stereocenters. The molecule has 2 nitrogen and oxygen atoms in total. The number of aromatic nitrogens is 2. The summed E-state index contributed by atoms with van der Waals surface area (Å²) in [6, 6.07) is 0. The molecule has 1 rings (SSSR count). The first-order valence-corrected chi connectivity index (χ1v) is 5.69. The molecule has 1 N–H and O–H groups in total. The average molecular weight is 198 g/mol. The van der Waals surface area contributed by atoms with Crippen molar-refractivity contribution in [3.63, 3.8) is 0 Å². The van der Waals surface area contributed by atoms with E-state index in [1.54, 1.807) is 0 Å². The quantitative estimate of drug-likeness (QED) is 0.765. The van der Waals surface area contributed by atoms with Crippen LogP contribution in [0.25, 0.3) is 0 Å². The van der Waals surface area contributed by atoms with Crippen LogP contribution in [0.3, 0.4) is 0 Å². The molecule has 0 aliphatic carbocycles. The highest BCUT2D eigenvalue weighted by molar-refractivity contribution is 5.14. The highest BCUT2D eigenvalue weighted by atomic mass is 15.1. The Hall–Kier alpha value is -0.790. The van der Waals surface area contributed by atoms with Gasteiger partial charge in [0.25, 0.3) is 0 Å². The van der Waals surface area contributed by atoms with Gasteiger partial charge >= 0.3 is 0 Å². The second kappa shape index (κ2) is 10.3. The molecule has 0 aromatic carbocycles. The van der Waals surface area contributed by atoms with E-state index >= 15 is 0 Å². The van der Waals surface area contributed by atoms with Crippen LogP contribution in [0.15, 0.2) is 6.20 Å². The molecule has 0 radical (unpaired) electrons. The van der Waals surface area contributed by atoms with Crippen LogP contribution in [-0.2, 0) is 6.42 Å². The number of H-pyrrole nitrogens is 1. The van der Waals surface area contributed by atoms with Crippen LogP contribution in [-0.4, -0.2) is 10.2 Å². The van der Waals surface area contributed by atoms with E-state index in [0.717, 1.165) is 12.3 Å². The predicted octanol–water partition coefficient (Wildman–Crippen LogP) is 3.97. The zero-order valence-electron chi connectivity index (χ0n) is 10.8. The number of rotatable bonds is 2. The lowest BCUT2D eigenvalue weighted by Gasteiger charge is -2.01. The molecule has 1 heterocycles. The van der Waals surface area contributed by atoms with Gasteiger partial charge in [-0.1, -0.05) is 41.5 Å². The molecule has 84 valence electrons. The molecule has 1 aromatic heterocycles. The first-order chi connectivity index (χ1) is 6.70. The Labute approximate surface area is 89.1 Å². The highest BCUT2D eigenvalue weighted by Crippen LogP contribution is 2.08. The molecule has 0 saturated heterocycles. The monoisotopic (exact) mass is 198 g/mol. The molecular weight excluding hydrogens is 172 g/mol. The number of nitrogens with one attached hydrogen (secondary N) is 1. The fraction of sp³-hybridized carbons (Fsp3) is 0.750. The summed E-state index contributed by atoms with van der Waals surface area (Å²) in [5, 5.41) is 6.87. The van der Waals surface area contributed by atoms with Gasteiger partial charge in [-0.3, -0.25) is 5.10 Å². The first-order valence-electron chi connectivity index (χ1n) is 5.69. The minimum Gasteiger partial charge on any atom is -0.283 e. The van der Waals surface area contributed by atoms with Crippen molar-refractivity contribution < 1.29 is 0 Å². The van der Waals surface area contributed by atoms with E-state index in [-0.39, 0.29) is 0 Å². The second-order valence-electron chi connectivity index (χ2n) is 3.12. The number of hydrogen-bond donors (Lipinski definition) is 1. The molecule has 0 spiro atoms. The van der Waals surface area contributed by atoms with Crippen molar-refractivity contribution >= 4 is 0 Å². The molecule has 14 heavy (non-hydrogen) atoms. The van der Waals surface area contributed by atoms with Gasteiger partial charge in [-0.05, 0) is 24.8 Å². The smallest absolute Gasteiger partial charge is 0.0522 e. The van der Waals surface area contributed by atoms with E-state index in [2.05, 4.69) is 31.0 Å². The van der Waals surface area contributed by atoms with E-state index < -0.39 is 0 Å². The van der Waals surface area contributed by atoms with Crippen LogP contribution in [0.5, 0.6) is 0 Å². The third-order valence-corrected chi connectivity index (χ3v) is 1.56. The maximum absolute atomic E-state index is 3.95. The van der Waals surface area contributed by atoms with Crippen LogP contribution < -0.4 is 0 Å². The van der Waals surface area contributed by atoms with Gasteiger partial charge < -0.3 is 0 Å². The first kappa shape index (κ1) is 15.7. The zero-order chi connectivity index (χ0) is 11.6.